The molecule has 7 N–H and O–H groups in total. The number of nitrogens with zero attached hydrogens (tertiary/aromatic N) is 2. The fourth-order valence-corrected chi connectivity index (χ4v) is 4.54. The smallest absolute Gasteiger partial charge is 0.220 e. The zero-order valence-corrected chi connectivity index (χ0v) is 21.1. The molecular formula is C28H35N7O2. The summed E-state index contributed by atoms with van der Waals surface area (Å²) in [6.45, 7) is 2.07. The zero-order valence-electron chi connectivity index (χ0n) is 21.1. The summed E-state index contributed by atoms with van der Waals surface area (Å²) in [6.07, 6.45) is 6.05. The molecule has 1 aliphatic rings. The third-order valence-corrected chi connectivity index (χ3v) is 6.59. The van der Waals surface area contributed by atoms with Gasteiger partial charge in [0.1, 0.15) is 29.5 Å². The summed E-state index contributed by atoms with van der Waals surface area (Å²) in [5.74, 6) is 2.21. The van der Waals surface area contributed by atoms with E-state index in [1.807, 2.05) is 54.6 Å². The maximum absolute atomic E-state index is 12.1. The second-order valence-corrected chi connectivity index (χ2v) is 9.39. The number of ether oxygens (including phenoxy) is 1. The van der Waals surface area contributed by atoms with Crippen molar-refractivity contribution < 1.29 is 9.53 Å². The Balaban J connectivity index is 1.42. The number of para-hydroxylation sites is 1. The van der Waals surface area contributed by atoms with E-state index in [2.05, 4.69) is 27.5 Å². The van der Waals surface area contributed by atoms with Crippen LogP contribution in [0, 0.1) is 5.41 Å². The van der Waals surface area contributed by atoms with Crippen molar-refractivity contribution in [2.45, 2.75) is 63.6 Å². The van der Waals surface area contributed by atoms with Crippen LogP contribution in [0.1, 0.15) is 56.6 Å². The van der Waals surface area contributed by atoms with Crippen LogP contribution in [0.4, 0.5) is 11.6 Å². The van der Waals surface area contributed by atoms with Crippen LogP contribution in [-0.4, -0.2) is 39.7 Å². The first-order chi connectivity index (χ1) is 17.9. The van der Waals surface area contributed by atoms with Crippen LogP contribution in [0.15, 0.2) is 60.9 Å². The number of hydrogen-bond donors (Lipinski definition) is 5. The molecule has 2 aromatic carbocycles. The second kappa shape index (κ2) is 12.3. The molecule has 0 saturated heterocycles. The number of benzene rings is 2. The Kier molecular flexibility index (Phi) is 8.68. The molecule has 3 unspecified atom stereocenters. The van der Waals surface area contributed by atoms with E-state index in [4.69, 9.17) is 21.6 Å². The van der Waals surface area contributed by atoms with Crippen molar-refractivity contribution in [1.82, 2.24) is 15.3 Å². The summed E-state index contributed by atoms with van der Waals surface area (Å²) in [4.78, 5) is 20.7. The molecule has 1 aromatic heterocycles. The van der Waals surface area contributed by atoms with E-state index in [-0.39, 0.29) is 35.6 Å². The highest BCUT2D eigenvalue weighted by Gasteiger charge is 2.30. The van der Waals surface area contributed by atoms with Crippen molar-refractivity contribution in [2.24, 2.45) is 5.73 Å². The van der Waals surface area contributed by atoms with Crippen LogP contribution in [0.25, 0.3) is 0 Å². The summed E-state index contributed by atoms with van der Waals surface area (Å²) in [5.41, 5.74) is 14.0. The first-order valence-electron chi connectivity index (χ1n) is 12.8. The molecule has 0 bridgehead atoms. The number of nitrogens with two attached hydrogens (primary N) is 2. The van der Waals surface area contributed by atoms with E-state index in [0.717, 1.165) is 31.4 Å². The number of rotatable bonds is 10. The Morgan fingerprint density at radius 1 is 1.08 bits per heavy atom. The van der Waals surface area contributed by atoms with Crippen molar-refractivity contribution in [1.29, 1.82) is 5.41 Å². The van der Waals surface area contributed by atoms with Crippen LogP contribution in [0.2, 0.25) is 0 Å². The Labute approximate surface area is 217 Å². The van der Waals surface area contributed by atoms with Gasteiger partial charge in [-0.1, -0.05) is 31.5 Å². The Bertz CT molecular complexity index is 1200. The molecule has 1 fully saturated rings. The molecule has 1 aliphatic carbocycles. The van der Waals surface area contributed by atoms with Crippen molar-refractivity contribution in [2.75, 3.05) is 11.1 Å². The van der Waals surface area contributed by atoms with Crippen LogP contribution < -0.4 is 26.8 Å². The number of unbranched alkanes of at least 4 members (excludes halogenated alkanes) is 1. The van der Waals surface area contributed by atoms with E-state index in [1.165, 1.54) is 6.33 Å². The number of carbonyl (C=O) groups excluding carboxylic acids is 1. The summed E-state index contributed by atoms with van der Waals surface area (Å²) in [7, 11) is 0. The standard InChI is InChI=1S/C28H35N7O2/c1-2-3-9-24(36)35-23-15-12-19(16-22(23)29)34-28-25(27(31)32-17-33-28)26(30)18-10-13-21(14-11-18)37-20-7-5-4-6-8-20/h4-8,10-11,13-14,17,19,22-23,30H,2-3,9,12,15-16,29H2,1H3,(H,35,36)(H3,31,32,33,34). The topological polar surface area (TPSA) is 152 Å². The second-order valence-electron chi connectivity index (χ2n) is 9.39. The third kappa shape index (κ3) is 6.83. The van der Waals surface area contributed by atoms with E-state index < -0.39 is 0 Å². The lowest BCUT2D eigenvalue weighted by molar-refractivity contribution is -0.122. The van der Waals surface area contributed by atoms with Gasteiger partial charge in [0.05, 0.1) is 11.3 Å². The van der Waals surface area contributed by atoms with Crippen LogP contribution in [-0.2, 0) is 4.79 Å². The molecule has 1 heterocycles. The van der Waals surface area contributed by atoms with Gasteiger partial charge in [-0.15, -0.1) is 0 Å². The Morgan fingerprint density at radius 2 is 1.81 bits per heavy atom. The minimum atomic E-state index is -0.170. The van der Waals surface area contributed by atoms with Gasteiger partial charge in [-0.2, -0.15) is 0 Å². The van der Waals surface area contributed by atoms with Crippen LogP contribution >= 0.6 is 0 Å². The summed E-state index contributed by atoms with van der Waals surface area (Å²) < 4.78 is 5.86. The lowest BCUT2D eigenvalue weighted by Crippen LogP contribution is -2.53. The highest BCUT2D eigenvalue weighted by Crippen LogP contribution is 2.28. The van der Waals surface area contributed by atoms with Gasteiger partial charge in [0.15, 0.2) is 0 Å². The van der Waals surface area contributed by atoms with Gasteiger partial charge in [0, 0.05) is 30.1 Å². The molecule has 9 nitrogen and oxygen atoms in total. The van der Waals surface area contributed by atoms with Crippen LogP contribution in [0.3, 0.4) is 0 Å². The number of carbonyl (C=O) groups is 1. The fraction of sp³-hybridized carbons (Fsp3) is 0.357. The molecule has 1 saturated carbocycles. The molecule has 194 valence electrons. The third-order valence-electron chi connectivity index (χ3n) is 6.59. The van der Waals surface area contributed by atoms with E-state index in [9.17, 15) is 4.79 Å². The van der Waals surface area contributed by atoms with Crippen LogP contribution in [0.5, 0.6) is 11.5 Å². The molecule has 0 radical (unpaired) electrons. The number of nitrogens with one attached hydrogen (secondary N) is 3. The van der Waals surface area contributed by atoms with E-state index in [1.54, 1.807) is 0 Å². The average Bonchev–Trinajstić information content (AvgIpc) is 2.90. The monoisotopic (exact) mass is 501 g/mol. The van der Waals surface area contributed by atoms with Gasteiger partial charge in [0.2, 0.25) is 5.91 Å². The molecule has 37 heavy (non-hydrogen) atoms. The highest BCUT2D eigenvalue weighted by atomic mass is 16.5. The molecular weight excluding hydrogens is 466 g/mol. The van der Waals surface area contributed by atoms with Gasteiger partial charge in [-0.3, -0.25) is 10.2 Å². The molecule has 3 aromatic rings. The SMILES string of the molecule is CCCCC(=O)NC1CCC(Nc2ncnc(N)c2C(=N)c2ccc(Oc3ccccc3)cc2)CC1N. The quantitative estimate of drug-likeness (QED) is 0.261. The zero-order chi connectivity index (χ0) is 26.2. The number of hydrogen-bond acceptors (Lipinski definition) is 8. The first kappa shape index (κ1) is 26.1. The normalized spacial score (nSPS) is 19.1. The maximum atomic E-state index is 12.1. The van der Waals surface area contributed by atoms with Gasteiger partial charge < -0.3 is 26.8 Å². The minimum Gasteiger partial charge on any atom is -0.457 e. The average molecular weight is 502 g/mol. The van der Waals surface area contributed by atoms with E-state index >= 15 is 0 Å². The van der Waals surface area contributed by atoms with Gasteiger partial charge >= 0.3 is 0 Å². The summed E-state index contributed by atoms with van der Waals surface area (Å²) in [5, 5.41) is 15.4. The lowest BCUT2D eigenvalue weighted by atomic mass is 9.87. The maximum Gasteiger partial charge on any atom is 0.220 e. The molecule has 0 spiro atoms. The van der Waals surface area contributed by atoms with Gasteiger partial charge in [-0.05, 0) is 62.1 Å². The van der Waals surface area contributed by atoms with E-state index in [0.29, 0.717) is 35.5 Å². The van der Waals surface area contributed by atoms with Gasteiger partial charge in [0.25, 0.3) is 0 Å². The van der Waals surface area contributed by atoms with Gasteiger partial charge in [-0.25, -0.2) is 9.97 Å². The molecule has 0 aliphatic heterocycles. The number of amides is 1. The highest BCUT2D eigenvalue weighted by molar-refractivity contribution is 6.16. The molecule has 3 atom stereocenters. The minimum absolute atomic E-state index is 0.0349. The molecule has 4 rings (SSSR count). The fourth-order valence-electron chi connectivity index (χ4n) is 4.54. The number of anilines is 2. The summed E-state index contributed by atoms with van der Waals surface area (Å²) >= 11 is 0. The Hall–Kier alpha value is -3.98. The Morgan fingerprint density at radius 3 is 2.51 bits per heavy atom. The number of nitrogen functional groups attached to an aromatic ring is 1. The summed E-state index contributed by atoms with van der Waals surface area (Å²) in [6, 6.07) is 16.6. The largest absolute Gasteiger partial charge is 0.457 e. The predicted molar refractivity (Wildman–Crippen MR) is 146 cm³/mol. The van der Waals surface area contributed by atoms with Crippen molar-refractivity contribution in [3.8, 4) is 11.5 Å². The first-order valence-corrected chi connectivity index (χ1v) is 12.8. The van der Waals surface area contributed by atoms with Crippen molar-refractivity contribution in [3.05, 3.63) is 72.1 Å². The lowest BCUT2D eigenvalue weighted by Gasteiger charge is -2.35. The number of aromatic nitrogens is 2. The predicted octanol–water partition coefficient (Wildman–Crippen LogP) is 4.23. The molecule has 9 heteroatoms. The van der Waals surface area contributed by atoms with Crippen molar-refractivity contribution >= 4 is 23.3 Å². The van der Waals surface area contributed by atoms with Crippen molar-refractivity contribution in [3.63, 3.8) is 0 Å². The molecule has 1 amide bonds.